The third-order valence-corrected chi connectivity index (χ3v) is 4.00. The first-order valence-electron chi connectivity index (χ1n) is 7.92. The molecule has 0 spiro atoms. The van der Waals surface area contributed by atoms with E-state index in [0.29, 0.717) is 25.9 Å². The molecule has 4 nitrogen and oxygen atoms in total. The van der Waals surface area contributed by atoms with Crippen molar-refractivity contribution in [3.05, 3.63) is 29.3 Å². The summed E-state index contributed by atoms with van der Waals surface area (Å²) in [6.45, 7) is 6.03. The van der Waals surface area contributed by atoms with Gasteiger partial charge >= 0.3 is 12.3 Å². The summed E-state index contributed by atoms with van der Waals surface area (Å²) in [5.74, 6) is -0.318. The molecule has 0 aromatic heterocycles. The van der Waals surface area contributed by atoms with Gasteiger partial charge in [0.2, 0.25) is 0 Å². The topological polar surface area (TPSA) is 55.6 Å². The Balaban J connectivity index is 2.12. The zero-order chi connectivity index (χ0) is 18.1. The molecule has 7 heteroatoms. The second-order valence-corrected chi connectivity index (χ2v) is 7.05. The summed E-state index contributed by atoms with van der Waals surface area (Å²) in [5, 5.41) is 0. The number of likely N-dealkylation sites (tertiary alicyclic amines) is 1. The van der Waals surface area contributed by atoms with Crippen LogP contribution in [0.2, 0.25) is 0 Å². The van der Waals surface area contributed by atoms with Crippen molar-refractivity contribution in [1.29, 1.82) is 0 Å². The van der Waals surface area contributed by atoms with Gasteiger partial charge in [-0.3, -0.25) is 0 Å². The number of anilines is 1. The number of hydrogen-bond donors (Lipinski definition) is 1. The van der Waals surface area contributed by atoms with Gasteiger partial charge in [-0.05, 0) is 57.2 Å². The minimum Gasteiger partial charge on any atom is -0.444 e. The number of amides is 1. The van der Waals surface area contributed by atoms with E-state index in [1.165, 1.54) is 17.0 Å². The lowest BCUT2D eigenvalue weighted by Gasteiger charge is -2.34. The van der Waals surface area contributed by atoms with Crippen LogP contribution in [0, 0.1) is 0 Å². The van der Waals surface area contributed by atoms with Crippen LogP contribution in [-0.2, 0) is 10.9 Å². The lowest BCUT2D eigenvalue weighted by molar-refractivity contribution is -0.138. The Kier molecular flexibility index (Phi) is 5.01. The molecule has 1 aromatic rings. The van der Waals surface area contributed by atoms with Gasteiger partial charge in [0.15, 0.2) is 0 Å². The second kappa shape index (κ2) is 6.53. The van der Waals surface area contributed by atoms with Gasteiger partial charge in [-0.2, -0.15) is 13.2 Å². The maximum Gasteiger partial charge on any atom is 0.416 e. The van der Waals surface area contributed by atoms with Crippen LogP contribution in [-0.4, -0.2) is 29.7 Å². The smallest absolute Gasteiger partial charge is 0.416 e. The molecule has 1 aliphatic rings. The number of nitrogens with zero attached hydrogens (tertiary/aromatic N) is 1. The van der Waals surface area contributed by atoms with Crippen molar-refractivity contribution in [2.75, 3.05) is 18.8 Å². The fraction of sp³-hybridized carbons (Fsp3) is 0.588. The highest BCUT2D eigenvalue weighted by atomic mass is 19.4. The molecule has 1 amide bonds. The van der Waals surface area contributed by atoms with Gasteiger partial charge in [0.1, 0.15) is 5.60 Å². The first kappa shape index (κ1) is 18.4. The SMILES string of the molecule is CC(C)(C)OC(=O)N1CCC(c2c(N)cccc2C(F)(F)F)CC1. The number of benzene rings is 1. The summed E-state index contributed by atoms with van der Waals surface area (Å²) in [6.07, 6.45) is -4.02. The zero-order valence-electron chi connectivity index (χ0n) is 14.1. The summed E-state index contributed by atoms with van der Waals surface area (Å²) in [7, 11) is 0. The van der Waals surface area contributed by atoms with Gasteiger partial charge in [-0.1, -0.05) is 6.07 Å². The van der Waals surface area contributed by atoms with E-state index in [9.17, 15) is 18.0 Å². The number of nitrogen functional groups attached to an aromatic ring is 1. The van der Waals surface area contributed by atoms with Crippen LogP contribution in [0.3, 0.4) is 0 Å². The van der Waals surface area contributed by atoms with Gasteiger partial charge in [-0.15, -0.1) is 0 Å². The molecular formula is C17H23F3N2O2. The maximum absolute atomic E-state index is 13.2. The Morgan fingerprint density at radius 3 is 2.29 bits per heavy atom. The lowest BCUT2D eigenvalue weighted by atomic mass is 9.85. The van der Waals surface area contributed by atoms with Crippen molar-refractivity contribution in [2.45, 2.75) is 51.3 Å². The number of piperidine rings is 1. The Hall–Kier alpha value is -1.92. The minimum atomic E-state index is -4.44. The molecule has 0 radical (unpaired) electrons. The summed E-state index contributed by atoms with van der Waals surface area (Å²) < 4.78 is 45.0. The van der Waals surface area contributed by atoms with Crippen molar-refractivity contribution in [1.82, 2.24) is 4.90 Å². The van der Waals surface area contributed by atoms with Crippen LogP contribution in [0.15, 0.2) is 18.2 Å². The molecule has 1 fully saturated rings. The van der Waals surface area contributed by atoms with Crippen LogP contribution in [0.25, 0.3) is 0 Å². The molecule has 0 saturated carbocycles. The molecule has 1 saturated heterocycles. The predicted octanol–water partition coefficient (Wildman–Crippen LogP) is 4.40. The van der Waals surface area contributed by atoms with Gasteiger partial charge < -0.3 is 15.4 Å². The summed E-state index contributed by atoms with van der Waals surface area (Å²) in [4.78, 5) is 13.6. The van der Waals surface area contributed by atoms with Crippen LogP contribution < -0.4 is 5.73 Å². The highest BCUT2D eigenvalue weighted by molar-refractivity contribution is 5.68. The normalized spacial score (nSPS) is 17.0. The molecule has 1 heterocycles. The molecule has 1 aromatic carbocycles. The monoisotopic (exact) mass is 344 g/mol. The number of hydrogen-bond acceptors (Lipinski definition) is 3. The number of nitrogens with two attached hydrogens (primary N) is 1. The van der Waals surface area contributed by atoms with Gasteiger partial charge in [0, 0.05) is 18.8 Å². The van der Waals surface area contributed by atoms with Crippen molar-refractivity contribution in [3.8, 4) is 0 Å². The Morgan fingerprint density at radius 1 is 1.21 bits per heavy atom. The second-order valence-electron chi connectivity index (χ2n) is 7.05. The van der Waals surface area contributed by atoms with E-state index in [0.717, 1.165) is 6.07 Å². The third kappa shape index (κ3) is 4.33. The van der Waals surface area contributed by atoms with E-state index in [4.69, 9.17) is 10.5 Å². The average Bonchev–Trinajstić information content (AvgIpc) is 2.44. The molecule has 2 N–H and O–H groups in total. The predicted molar refractivity (Wildman–Crippen MR) is 85.6 cm³/mol. The molecule has 0 unspecified atom stereocenters. The van der Waals surface area contributed by atoms with Gasteiger partial charge in [0.25, 0.3) is 0 Å². The summed E-state index contributed by atoms with van der Waals surface area (Å²) in [5.41, 5.74) is 4.84. The molecule has 0 aliphatic carbocycles. The molecule has 2 rings (SSSR count). The van der Waals surface area contributed by atoms with Crippen LogP contribution in [0.5, 0.6) is 0 Å². The van der Waals surface area contributed by atoms with Gasteiger partial charge in [0.05, 0.1) is 5.56 Å². The minimum absolute atomic E-state index is 0.147. The van der Waals surface area contributed by atoms with Crippen molar-refractivity contribution in [2.24, 2.45) is 0 Å². The Morgan fingerprint density at radius 2 is 1.79 bits per heavy atom. The standard InChI is InChI=1S/C17H23F3N2O2/c1-16(2,3)24-15(23)22-9-7-11(8-10-22)14-12(17(18,19)20)5-4-6-13(14)21/h4-6,11H,7-10,21H2,1-3H3. The summed E-state index contributed by atoms with van der Waals surface area (Å²) in [6, 6.07) is 3.87. The largest absolute Gasteiger partial charge is 0.444 e. The number of rotatable bonds is 1. The van der Waals surface area contributed by atoms with Crippen LogP contribution in [0.4, 0.5) is 23.7 Å². The van der Waals surface area contributed by atoms with E-state index in [1.54, 1.807) is 20.8 Å². The average molecular weight is 344 g/mol. The van der Waals surface area contributed by atoms with Crippen molar-refractivity contribution < 1.29 is 22.7 Å². The highest BCUT2D eigenvalue weighted by Gasteiger charge is 2.37. The van der Waals surface area contributed by atoms with E-state index in [2.05, 4.69) is 0 Å². The van der Waals surface area contributed by atoms with Crippen molar-refractivity contribution in [3.63, 3.8) is 0 Å². The van der Waals surface area contributed by atoms with E-state index in [1.807, 2.05) is 0 Å². The Bertz CT molecular complexity index is 601. The number of carbonyl (C=O) groups is 1. The van der Waals surface area contributed by atoms with Gasteiger partial charge in [-0.25, -0.2) is 4.79 Å². The van der Waals surface area contributed by atoms with E-state index >= 15 is 0 Å². The molecule has 0 bridgehead atoms. The highest BCUT2D eigenvalue weighted by Crippen LogP contribution is 2.41. The molecule has 1 aliphatic heterocycles. The van der Waals surface area contributed by atoms with E-state index < -0.39 is 23.4 Å². The molecule has 24 heavy (non-hydrogen) atoms. The van der Waals surface area contributed by atoms with Crippen LogP contribution in [0.1, 0.15) is 50.7 Å². The molecule has 134 valence electrons. The number of alkyl halides is 3. The Labute approximate surface area is 139 Å². The first-order chi connectivity index (χ1) is 11.0. The van der Waals surface area contributed by atoms with Crippen LogP contribution >= 0.6 is 0 Å². The van der Waals surface area contributed by atoms with Crippen molar-refractivity contribution >= 4 is 11.8 Å². The number of carbonyl (C=O) groups excluding carboxylic acids is 1. The summed E-state index contributed by atoms with van der Waals surface area (Å²) >= 11 is 0. The molecule has 0 atom stereocenters. The fourth-order valence-corrected chi connectivity index (χ4v) is 2.96. The number of ether oxygens (including phenoxy) is 1. The third-order valence-electron chi connectivity index (χ3n) is 4.00. The zero-order valence-corrected chi connectivity index (χ0v) is 14.1. The number of halogens is 3. The fourth-order valence-electron chi connectivity index (χ4n) is 2.96. The quantitative estimate of drug-likeness (QED) is 0.768. The molecular weight excluding hydrogens is 321 g/mol. The van der Waals surface area contributed by atoms with E-state index in [-0.39, 0.29) is 17.2 Å². The first-order valence-corrected chi connectivity index (χ1v) is 7.92. The lowest BCUT2D eigenvalue weighted by Crippen LogP contribution is -2.41. The maximum atomic E-state index is 13.2.